The molecule has 1 aliphatic rings. The van der Waals surface area contributed by atoms with Gasteiger partial charge in [-0.2, -0.15) is 11.8 Å². The molecule has 1 aromatic heterocycles. The standard InChI is InChI=1S/C20H30N2O2S.C4H10.C2H6S.C2H4/c1-15-19(13-18(25-15)9-10-20(2,3)4)22(14-24)17-7-5-16(6-8-17)21-11-12-23;1-3-4-2;1-3-2;1-2/h13-14,16-17,21,23H,5-8,11-12H2,1-4H3;3-4H2,1-2H3;1-2H3;1-2H2. The minimum absolute atomic E-state index is 0.0254. The number of aliphatic hydroxyl groups is 1. The molecule has 1 aliphatic carbocycles. The van der Waals surface area contributed by atoms with Crippen molar-refractivity contribution in [3.05, 3.63) is 29.0 Å². The Bertz CT molecular complexity index is 691. The van der Waals surface area contributed by atoms with Gasteiger partial charge in [-0.1, -0.05) is 38.5 Å². The Morgan fingerprint density at radius 3 is 2.15 bits per heavy atom. The number of thiophene rings is 1. The molecule has 0 bridgehead atoms. The van der Waals surface area contributed by atoms with Gasteiger partial charge in [-0.15, -0.1) is 24.5 Å². The number of aryl methyl sites for hydroxylation is 1. The molecular weight excluding hydrogens is 460 g/mol. The second-order valence-corrected chi connectivity index (χ2v) is 11.2. The van der Waals surface area contributed by atoms with Crippen molar-refractivity contribution in [1.82, 2.24) is 5.32 Å². The molecule has 0 unspecified atom stereocenters. The monoisotopic (exact) mass is 510 g/mol. The molecular formula is C28H50N2O2S2. The van der Waals surface area contributed by atoms with E-state index in [1.807, 2.05) is 17.4 Å². The normalized spacial score (nSPS) is 16.7. The Labute approximate surface area is 219 Å². The maximum atomic E-state index is 11.8. The quantitative estimate of drug-likeness (QED) is 0.238. The van der Waals surface area contributed by atoms with Crippen molar-refractivity contribution in [3.63, 3.8) is 0 Å². The molecule has 0 aromatic carbocycles. The minimum Gasteiger partial charge on any atom is -0.395 e. The van der Waals surface area contributed by atoms with E-state index in [4.69, 9.17) is 5.11 Å². The van der Waals surface area contributed by atoms with Crippen molar-refractivity contribution >= 4 is 35.2 Å². The van der Waals surface area contributed by atoms with Crippen LogP contribution in [0.25, 0.3) is 0 Å². The zero-order valence-corrected chi connectivity index (χ0v) is 24.6. The van der Waals surface area contributed by atoms with Crippen LogP contribution in [0, 0.1) is 24.2 Å². The van der Waals surface area contributed by atoms with Gasteiger partial charge in [0.15, 0.2) is 0 Å². The van der Waals surface area contributed by atoms with E-state index in [9.17, 15) is 4.79 Å². The van der Waals surface area contributed by atoms with E-state index in [1.165, 1.54) is 12.8 Å². The number of amides is 1. The topological polar surface area (TPSA) is 52.6 Å². The van der Waals surface area contributed by atoms with Gasteiger partial charge >= 0.3 is 0 Å². The van der Waals surface area contributed by atoms with Gasteiger partial charge in [0.25, 0.3) is 0 Å². The van der Waals surface area contributed by atoms with Crippen LogP contribution in [0.15, 0.2) is 19.2 Å². The van der Waals surface area contributed by atoms with Crippen LogP contribution in [-0.2, 0) is 4.79 Å². The maximum absolute atomic E-state index is 11.8. The van der Waals surface area contributed by atoms with Crippen molar-refractivity contribution in [2.75, 3.05) is 30.6 Å². The second-order valence-electron chi connectivity index (χ2n) is 9.16. The highest BCUT2D eigenvalue weighted by Crippen LogP contribution is 2.33. The van der Waals surface area contributed by atoms with Gasteiger partial charge in [0, 0.05) is 28.9 Å². The number of unbranched alkanes of at least 4 members (excludes halogenated alkanes) is 1. The van der Waals surface area contributed by atoms with Gasteiger partial charge in [0.2, 0.25) is 6.41 Å². The highest BCUT2D eigenvalue weighted by Gasteiger charge is 2.27. The molecule has 1 heterocycles. The van der Waals surface area contributed by atoms with Crippen LogP contribution in [-0.4, -0.2) is 49.3 Å². The molecule has 1 amide bonds. The molecule has 2 N–H and O–H groups in total. The van der Waals surface area contributed by atoms with E-state index in [1.54, 1.807) is 23.1 Å². The molecule has 1 aromatic rings. The highest BCUT2D eigenvalue weighted by atomic mass is 32.2. The zero-order chi connectivity index (χ0) is 26.6. The summed E-state index contributed by atoms with van der Waals surface area (Å²) in [7, 11) is 0. The van der Waals surface area contributed by atoms with E-state index in [2.05, 4.69) is 77.9 Å². The largest absolute Gasteiger partial charge is 0.395 e. The molecule has 4 nitrogen and oxygen atoms in total. The molecule has 1 saturated carbocycles. The summed E-state index contributed by atoms with van der Waals surface area (Å²) in [6.45, 7) is 19.5. The van der Waals surface area contributed by atoms with Crippen molar-refractivity contribution in [2.45, 2.75) is 92.2 Å². The number of rotatable bonds is 7. The van der Waals surface area contributed by atoms with Crippen LogP contribution in [0.1, 0.15) is 82.9 Å². The van der Waals surface area contributed by atoms with E-state index >= 15 is 0 Å². The van der Waals surface area contributed by atoms with Gasteiger partial charge in [0.1, 0.15) is 0 Å². The van der Waals surface area contributed by atoms with Gasteiger partial charge in [0.05, 0.1) is 17.2 Å². The summed E-state index contributed by atoms with van der Waals surface area (Å²) >= 11 is 3.41. The zero-order valence-electron chi connectivity index (χ0n) is 23.0. The molecule has 0 radical (unpaired) electrons. The first-order valence-corrected chi connectivity index (χ1v) is 14.7. The number of carbonyl (C=O) groups excluding carboxylic acids is 1. The SMILES string of the molecule is C=C.CCCC.CSC.Cc1sc(C#CC(C)(C)C)cc1N(C=O)C1CCC(NCCO)CC1. The minimum atomic E-state index is -0.0254. The first-order chi connectivity index (χ1) is 16.2. The number of thioether (sulfide) groups is 1. The van der Waals surface area contributed by atoms with Gasteiger partial charge in [-0.25, -0.2) is 0 Å². The Hall–Kier alpha value is -1.26. The molecule has 0 saturated heterocycles. The second kappa shape index (κ2) is 21.1. The molecule has 0 spiro atoms. The maximum Gasteiger partial charge on any atom is 0.214 e. The number of hydrogen-bond donors (Lipinski definition) is 2. The molecule has 1 fully saturated rings. The number of nitrogens with one attached hydrogen (secondary N) is 1. The summed E-state index contributed by atoms with van der Waals surface area (Å²) < 4.78 is 0. The fourth-order valence-corrected chi connectivity index (χ4v) is 4.08. The van der Waals surface area contributed by atoms with Gasteiger partial charge < -0.3 is 15.3 Å². The van der Waals surface area contributed by atoms with Crippen molar-refractivity contribution in [1.29, 1.82) is 0 Å². The first kappa shape index (κ1) is 34.9. The lowest BCUT2D eigenvalue weighted by molar-refractivity contribution is -0.108. The Morgan fingerprint density at radius 1 is 1.21 bits per heavy atom. The van der Waals surface area contributed by atoms with E-state index in [-0.39, 0.29) is 18.1 Å². The third-order valence-electron chi connectivity index (χ3n) is 4.98. The third kappa shape index (κ3) is 15.6. The average Bonchev–Trinajstić information content (AvgIpc) is 3.19. The van der Waals surface area contributed by atoms with Crippen LogP contribution >= 0.6 is 23.1 Å². The van der Waals surface area contributed by atoms with E-state index < -0.39 is 0 Å². The van der Waals surface area contributed by atoms with Crippen molar-refractivity contribution < 1.29 is 9.90 Å². The Morgan fingerprint density at radius 2 is 1.74 bits per heavy atom. The first-order valence-electron chi connectivity index (χ1n) is 12.3. The summed E-state index contributed by atoms with van der Waals surface area (Å²) in [6.07, 6.45) is 11.7. The van der Waals surface area contributed by atoms with Crippen LogP contribution in [0.2, 0.25) is 0 Å². The number of nitrogens with zero attached hydrogens (tertiary/aromatic N) is 1. The summed E-state index contributed by atoms with van der Waals surface area (Å²) in [6, 6.07) is 2.76. The molecule has 34 heavy (non-hydrogen) atoms. The van der Waals surface area contributed by atoms with Crippen LogP contribution in [0.4, 0.5) is 5.69 Å². The summed E-state index contributed by atoms with van der Waals surface area (Å²) in [4.78, 5) is 15.8. The van der Waals surface area contributed by atoms with Gasteiger partial charge in [-0.3, -0.25) is 4.79 Å². The van der Waals surface area contributed by atoms with Crippen molar-refractivity contribution in [3.8, 4) is 11.8 Å². The molecule has 2 rings (SSSR count). The van der Waals surface area contributed by atoms with E-state index in [0.29, 0.717) is 12.6 Å². The lowest BCUT2D eigenvalue weighted by Crippen LogP contribution is -2.42. The average molecular weight is 511 g/mol. The van der Waals surface area contributed by atoms with E-state index in [0.717, 1.165) is 47.5 Å². The smallest absolute Gasteiger partial charge is 0.214 e. The number of anilines is 1. The predicted octanol–water partition coefficient (Wildman–Crippen LogP) is 6.90. The lowest BCUT2D eigenvalue weighted by atomic mass is 9.90. The Balaban J connectivity index is 0. The Kier molecular flexibility index (Phi) is 21.6. The molecule has 0 atom stereocenters. The molecule has 196 valence electrons. The van der Waals surface area contributed by atoms with Crippen LogP contribution in [0.5, 0.6) is 0 Å². The van der Waals surface area contributed by atoms with Crippen LogP contribution < -0.4 is 10.2 Å². The predicted molar refractivity (Wildman–Crippen MR) is 156 cm³/mol. The summed E-state index contributed by atoms with van der Waals surface area (Å²) in [5.41, 5.74) is 0.979. The fourth-order valence-electron chi connectivity index (χ4n) is 3.21. The van der Waals surface area contributed by atoms with Gasteiger partial charge in [-0.05, 0) is 72.0 Å². The molecule has 6 heteroatoms. The number of aliphatic hydroxyl groups excluding tert-OH is 1. The highest BCUT2D eigenvalue weighted by molar-refractivity contribution is 7.97. The van der Waals surface area contributed by atoms with Crippen molar-refractivity contribution in [2.24, 2.45) is 5.41 Å². The molecule has 0 aliphatic heterocycles. The third-order valence-corrected chi connectivity index (χ3v) is 5.93. The number of hydrogen-bond acceptors (Lipinski definition) is 5. The fraction of sp³-hybridized carbons (Fsp3) is 0.679. The lowest BCUT2D eigenvalue weighted by Gasteiger charge is -2.35. The summed E-state index contributed by atoms with van der Waals surface area (Å²) in [5.74, 6) is 6.52. The summed E-state index contributed by atoms with van der Waals surface area (Å²) in [5, 5.41) is 12.3. The van der Waals surface area contributed by atoms with Crippen LogP contribution in [0.3, 0.4) is 0 Å². The number of carbonyl (C=O) groups is 1.